The van der Waals surface area contributed by atoms with Crippen LogP contribution >= 0.6 is 0 Å². The first kappa shape index (κ1) is 8.97. The van der Waals surface area contributed by atoms with Gasteiger partial charge in [-0.2, -0.15) is 0 Å². The van der Waals surface area contributed by atoms with Crippen molar-refractivity contribution in [2.75, 3.05) is 26.2 Å². The first-order valence-electron chi connectivity index (χ1n) is 4.37. The predicted molar refractivity (Wildman–Crippen MR) is 44.3 cm³/mol. The molecule has 0 aliphatic carbocycles. The second-order valence-corrected chi connectivity index (χ2v) is 3.19. The average Bonchev–Trinajstić information content (AvgIpc) is 2.04. The number of rotatable bonds is 3. The lowest BCUT2D eigenvalue weighted by molar-refractivity contribution is 0.187. The highest BCUT2D eigenvalue weighted by molar-refractivity contribution is 4.73. The van der Waals surface area contributed by atoms with Crippen LogP contribution in [0.4, 0.5) is 0 Å². The molecule has 0 spiro atoms. The van der Waals surface area contributed by atoms with Crippen molar-refractivity contribution in [3.63, 3.8) is 0 Å². The molecule has 0 saturated carbocycles. The van der Waals surface area contributed by atoms with Gasteiger partial charge in [-0.1, -0.05) is 0 Å². The van der Waals surface area contributed by atoms with Gasteiger partial charge in [-0.05, 0) is 32.4 Å². The Labute approximate surface area is 68.2 Å². The van der Waals surface area contributed by atoms with Gasteiger partial charge in [0.15, 0.2) is 0 Å². The Hall–Kier alpha value is -0.120. The molecule has 3 heteroatoms. The van der Waals surface area contributed by atoms with Crippen LogP contribution in [0.2, 0.25) is 0 Å². The van der Waals surface area contributed by atoms with Crippen molar-refractivity contribution in [1.82, 2.24) is 10.6 Å². The summed E-state index contributed by atoms with van der Waals surface area (Å²) in [4.78, 5) is 2.33. The van der Waals surface area contributed by atoms with Crippen LogP contribution in [-0.2, 0) is 0 Å². The zero-order valence-corrected chi connectivity index (χ0v) is 6.92. The lowest BCUT2D eigenvalue weighted by Gasteiger charge is -2.29. The molecule has 1 saturated heterocycles. The van der Waals surface area contributed by atoms with E-state index < -0.39 is 0 Å². The molecule has 2 N–H and O–H groups in total. The first-order chi connectivity index (χ1) is 5.33. The summed E-state index contributed by atoms with van der Waals surface area (Å²) in [6.45, 7) is 3.40. The second-order valence-electron chi connectivity index (χ2n) is 3.19. The van der Waals surface area contributed by atoms with Crippen LogP contribution in [0.5, 0.6) is 0 Å². The van der Waals surface area contributed by atoms with E-state index in [9.17, 15) is 0 Å². The molecule has 11 heavy (non-hydrogen) atoms. The Balaban J connectivity index is 2.07. The molecule has 0 aromatic rings. The topological polar surface area (TPSA) is 47.3 Å². The molecule has 0 aromatic carbocycles. The Morgan fingerprint density at radius 2 is 2.00 bits per heavy atom. The summed E-state index contributed by atoms with van der Waals surface area (Å²) in [5.41, 5.74) is 7.46. The van der Waals surface area contributed by atoms with Gasteiger partial charge in [-0.25, -0.2) is 0 Å². The highest BCUT2D eigenvalue weighted by Crippen LogP contribution is 2.08. The zero-order chi connectivity index (χ0) is 8.10. The fraction of sp³-hybridized carbons (Fsp3) is 1.00. The van der Waals surface area contributed by atoms with Crippen molar-refractivity contribution in [2.24, 2.45) is 0 Å². The Morgan fingerprint density at radius 1 is 1.36 bits per heavy atom. The largest absolute Gasteiger partial charge is 0.396 e. The molecule has 0 amide bonds. The van der Waals surface area contributed by atoms with E-state index in [0.717, 1.165) is 38.9 Å². The summed E-state index contributed by atoms with van der Waals surface area (Å²) >= 11 is 0. The summed E-state index contributed by atoms with van der Waals surface area (Å²) in [6, 6.07) is 0.167. The predicted octanol–water partition coefficient (Wildman–Crippen LogP) is 0.116. The molecule has 0 bridgehead atoms. The SMILES string of the molecule is [NH]C1CCN(CCCO)CC1. The Bertz CT molecular complexity index is 97.5. The maximum absolute atomic E-state index is 8.59. The maximum Gasteiger partial charge on any atom is 0.0443 e. The lowest BCUT2D eigenvalue weighted by atomic mass is 10.1. The van der Waals surface area contributed by atoms with Crippen LogP contribution in [-0.4, -0.2) is 42.3 Å². The minimum Gasteiger partial charge on any atom is -0.396 e. The molecule has 1 fully saturated rings. The molecule has 1 aliphatic rings. The van der Waals surface area contributed by atoms with E-state index in [1.807, 2.05) is 0 Å². The summed E-state index contributed by atoms with van der Waals surface area (Å²) < 4.78 is 0. The fourth-order valence-electron chi connectivity index (χ4n) is 1.45. The van der Waals surface area contributed by atoms with Crippen LogP contribution in [0, 0.1) is 0 Å². The van der Waals surface area contributed by atoms with Gasteiger partial charge in [0.25, 0.3) is 0 Å². The third kappa shape index (κ3) is 3.18. The van der Waals surface area contributed by atoms with E-state index in [1.54, 1.807) is 0 Å². The summed E-state index contributed by atoms with van der Waals surface area (Å²) in [7, 11) is 0. The molecule has 1 radical (unpaired) electrons. The molecule has 0 atom stereocenters. The van der Waals surface area contributed by atoms with Crippen LogP contribution in [0.3, 0.4) is 0 Å². The van der Waals surface area contributed by atoms with Gasteiger partial charge in [-0.3, -0.25) is 5.73 Å². The quantitative estimate of drug-likeness (QED) is 0.632. The molecular weight excluding hydrogens is 140 g/mol. The number of piperidine rings is 1. The number of aliphatic hydroxyl groups is 1. The number of nitrogens with zero attached hydrogens (tertiary/aromatic N) is 1. The van der Waals surface area contributed by atoms with Gasteiger partial charge < -0.3 is 10.0 Å². The number of likely N-dealkylation sites (tertiary alicyclic amines) is 1. The standard InChI is InChI=1S/C8H17N2O/c9-8-2-5-10(6-3-8)4-1-7-11/h8-9,11H,1-7H2. The molecule has 1 aliphatic heterocycles. The van der Waals surface area contributed by atoms with Crippen molar-refractivity contribution >= 4 is 0 Å². The minimum atomic E-state index is 0.167. The van der Waals surface area contributed by atoms with E-state index in [1.165, 1.54) is 0 Å². The number of aliphatic hydroxyl groups excluding tert-OH is 1. The monoisotopic (exact) mass is 157 g/mol. The van der Waals surface area contributed by atoms with Crippen LogP contribution in [0.15, 0.2) is 0 Å². The van der Waals surface area contributed by atoms with Gasteiger partial charge in [0.2, 0.25) is 0 Å². The van der Waals surface area contributed by atoms with Gasteiger partial charge >= 0.3 is 0 Å². The minimum absolute atomic E-state index is 0.167. The number of hydrogen-bond acceptors (Lipinski definition) is 2. The average molecular weight is 157 g/mol. The molecule has 0 aromatic heterocycles. The fourth-order valence-corrected chi connectivity index (χ4v) is 1.45. The van der Waals surface area contributed by atoms with Crippen molar-refractivity contribution in [3.8, 4) is 0 Å². The highest BCUT2D eigenvalue weighted by Gasteiger charge is 2.15. The summed E-state index contributed by atoms with van der Waals surface area (Å²) in [6.07, 6.45) is 2.89. The van der Waals surface area contributed by atoms with E-state index >= 15 is 0 Å². The molecule has 3 nitrogen and oxygen atoms in total. The zero-order valence-electron chi connectivity index (χ0n) is 6.92. The summed E-state index contributed by atoms with van der Waals surface area (Å²) in [5.74, 6) is 0. The smallest absolute Gasteiger partial charge is 0.0443 e. The van der Waals surface area contributed by atoms with Crippen molar-refractivity contribution in [3.05, 3.63) is 0 Å². The third-order valence-electron chi connectivity index (χ3n) is 2.22. The highest BCUT2D eigenvalue weighted by atomic mass is 16.3. The van der Waals surface area contributed by atoms with Crippen LogP contribution in [0.1, 0.15) is 19.3 Å². The van der Waals surface area contributed by atoms with Gasteiger partial charge in [0, 0.05) is 19.2 Å². The second kappa shape index (κ2) is 4.70. The molecule has 1 heterocycles. The summed E-state index contributed by atoms with van der Waals surface area (Å²) in [5, 5.41) is 8.59. The molecular formula is C8H17N2O. The third-order valence-corrected chi connectivity index (χ3v) is 2.22. The van der Waals surface area contributed by atoms with E-state index in [4.69, 9.17) is 10.8 Å². The van der Waals surface area contributed by atoms with Gasteiger partial charge in [0.1, 0.15) is 0 Å². The van der Waals surface area contributed by atoms with Crippen molar-refractivity contribution < 1.29 is 5.11 Å². The van der Waals surface area contributed by atoms with Gasteiger partial charge in [-0.15, -0.1) is 0 Å². The Kier molecular flexibility index (Phi) is 3.83. The van der Waals surface area contributed by atoms with E-state index in [0.29, 0.717) is 6.61 Å². The lowest BCUT2D eigenvalue weighted by Crippen LogP contribution is -2.37. The molecule has 0 unspecified atom stereocenters. The van der Waals surface area contributed by atoms with E-state index in [-0.39, 0.29) is 6.04 Å². The van der Waals surface area contributed by atoms with Crippen molar-refractivity contribution in [2.45, 2.75) is 25.3 Å². The first-order valence-corrected chi connectivity index (χ1v) is 4.37. The Morgan fingerprint density at radius 3 is 2.55 bits per heavy atom. The van der Waals surface area contributed by atoms with Gasteiger partial charge in [0.05, 0.1) is 0 Å². The van der Waals surface area contributed by atoms with Crippen LogP contribution in [0.25, 0.3) is 0 Å². The molecule has 1 rings (SSSR count). The van der Waals surface area contributed by atoms with E-state index in [2.05, 4.69) is 4.90 Å². The van der Waals surface area contributed by atoms with Crippen LogP contribution < -0.4 is 5.73 Å². The normalized spacial score (nSPS) is 22.4. The van der Waals surface area contributed by atoms with Crippen molar-refractivity contribution in [1.29, 1.82) is 0 Å². The maximum atomic E-state index is 8.59. The number of nitrogens with one attached hydrogen (secondary N) is 1. The molecule has 65 valence electrons. The number of hydrogen-bond donors (Lipinski definition) is 1.